The number of aryl methyl sites for hydroxylation is 1. The number of rotatable bonds is 6. The van der Waals surface area contributed by atoms with Crippen LogP contribution in [0.5, 0.6) is 5.75 Å². The van der Waals surface area contributed by atoms with Gasteiger partial charge in [0.1, 0.15) is 5.75 Å². The summed E-state index contributed by atoms with van der Waals surface area (Å²) in [4.78, 5) is 4.60. The molecule has 0 spiro atoms. The van der Waals surface area contributed by atoms with E-state index in [4.69, 9.17) is 0 Å². The van der Waals surface area contributed by atoms with E-state index >= 15 is 0 Å². The Morgan fingerprint density at radius 1 is 0.964 bits per heavy atom. The maximum absolute atomic E-state index is 9.70. The van der Waals surface area contributed by atoms with Gasteiger partial charge in [-0.3, -0.25) is 4.99 Å². The molecular formula is C24H24N2O2. The van der Waals surface area contributed by atoms with E-state index in [1.54, 1.807) is 12.1 Å². The fourth-order valence-corrected chi connectivity index (χ4v) is 3.75. The van der Waals surface area contributed by atoms with Gasteiger partial charge in [0.05, 0.1) is 12.6 Å². The zero-order chi connectivity index (χ0) is 19.5. The lowest BCUT2D eigenvalue weighted by Crippen LogP contribution is -2.14. The largest absolute Gasteiger partial charge is 0.508 e. The quantitative estimate of drug-likeness (QED) is 0.488. The van der Waals surface area contributed by atoms with Gasteiger partial charge in [-0.15, -0.1) is 0 Å². The topological polar surface area (TPSA) is 57.8 Å². The first kappa shape index (κ1) is 18.3. The highest BCUT2D eigenvalue weighted by Crippen LogP contribution is 2.29. The number of fused-ring (bicyclic) bond motifs is 3. The third-order valence-electron chi connectivity index (χ3n) is 5.17. The average molecular weight is 372 g/mol. The number of phenolic OH excluding ortho intramolecular Hbond substituents is 1. The molecule has 2 N–H and O–H groups in total. The molecule has 1 unspecified atom stereocenters. The highest BCUT2D eigenvalue weighted by Gasteiger charge is 2.10. The normalized spacial score (nSPS) is 12.9. The fourth-order valence-electron chi connectivity index (χ4n) is 3.75. The molecule has 4 heteroatoms. The number of aliphatic hydroxyl groups is 1. The molecule has 1 atom stereocenters. The van der Waals surface area contributed by atoms with Crippen LogP contribution in [0.2, 0.25) is 0 Å². The predicted octanol–water partition coefficient (Wildman–Crippen LogP) is 4.54. The number of nitrogens with zero attached hydrogens (tertiary/aromatic N) is 2. The molecule has 0 fully saturated rings. The average Bonchev–Trinajstić information content (AvgIpc) is 3.05. The smallest absolute Gasteiger partial charge is 0.115 e. The standard InChI is InChI=1S/C24H24N2O2/c1-2-26-23-6-4-3-5-21(23)22-14-18(9-12-24(22)26)15-25-19(16-27)13-17-7-10-20(28)11-8-17/h3-12,14-15,19,27-28H,2,13,16H2,1H3. The van der Waals surface area contributed by atoms with Gasteiger partial charge >= 0.3 is 0 Å². The first-order chi connectivity index (χ1) is 13.7. The molecule has 0 saturated heterocycles. The van der Waals surface area contributed by atoms with Gasteiger partial charge in [0.2, 0.25) is 0 Å². The molecule has 0 bridgehead atoms. The number of para-hydroxylation sites is 1. The predicted molar refractivity (Wildman–Crippen MR) is 115 cm³/mol. The van der Waals surface area contributed by atoms with E-state index in [-0.39, 0.29) is 18.4 Å². The van der Waals surface area contributed by atoms with Crippen LogP contribution in [0.4, 0.5) is 0 Å². The third-order valence-corrected chi connectivity index (χ3v) is 5.17. The molecule has 4 aromatic rings. The molecule has 0 aliphatic carbocycles. The van der Waals surface area contributed by atoms with E-state index < -0.39 is 0 Å². The molecule has 0 aliphatic heterocycles. The van der Waals surface area contributed by atoms with Crippen LogP contribution in [0.1, 0.15) is 18.1 Å². The molecule has 0 saturated carbocycles. The van der Waals surface area contributed by atoms with Crippen molar-refractivity contribution in [3.8, 4) is 5.75 Å². The molecule has 142 valence electrons. The molecule has 0 amide bonds. The second-order valence-electron chi connectivity index (χ2n) is 7.02. The Labute approximate surface area is 164 Å². The van der Waals surface area contributed by atoms with Crippen molar-refractivity contribution in [2.24, 2.45) is 4.99 Å². The Morgan fingerprint density at radius 3 is 2.46 bits per heavy atom. The Bertz CT molecular complexity index is 1130. The van der Waals surface area contributed by atoms with Crippen molar-refractivity contribution < 1.29 is 10.2 Å². The van der Waals surface area contributed by atoms with Gasteiger partial charge in [-0.2, -0.15) is 0 Å². The van der Waals surface area contributed by atoms with Gasteiger partial charge in [-0.1, -0.05) is 36.4 Å². The summed E-state index contributed by atoms with van der Waals surface area (Å²) >= 11 is 0. The van der Waals surface area contributed by atoms with Crippen molar-refractivity contribution in [1.29, 1.82) is 0 Å². The van der Waals surface area contributed by atoms with Crippen LogP contribution in [-0.2, 0) is 13.0 Å². The van der Waals surface area contributed by atoms with E-state index in [0.717, 1.165) is 17.7 Å². The van der Waals surface area contributed by atoms with E-state index in [0.29, 0.717) is 6.42 Å². The minimum atomic E-state index is -0.211. The van der Waals surface area contributed by atoms with Crippen molar-refractivity contribution in [3.05, 3.63) is 77.9 Å². The molecule has 4 nitrogen and oxygen atoms in total. The molecule has 1 heterocycles. The summed E-state index contributed by atoms with van der Waals surface area (Å²) in [6, 6.07) is 21.7. The lowest BCUT2D eigenvalue weighted by atomic mass is 10.1. The number of aliphatic hydroxyl groups excluding tert-OH is 1. The van der Waals surface area contributed by atoms with Crippen molar-refractivity contribution in [2.45, 2.75) is 25.9 Å². The number of hydrogen-bond donors (Lipinski definition) is 2. The maximum atomic E-state index is 9.70. The summed E-state index contributed by atoms with van der Waals surface area (Å²) < 4.78 is 2.33. The number of aliphatic imine (C=N–C) groups is 1. The monoisotopic (exact) mass is 372 g/mol. The van der Waals surface area contributed by atoms with Crippen LogP contribution >= 0.6 is 0 Å². The SMILES string of the molecule is CCn1c2ccccc2c2cc(C=NC(CO)Cc3ccc(O)cc3)ccc21. The van der Waals surface area contributed by atoms with Crippen molar-refractivity contribution in [3.63, 3.8) is 0 Å². The Morgan fingerprint density at radius 2 is 1.71 bits per heavy atom. The zero-order valence-corrected chi connectivity index (χ0v) is 15.9. The Balaban J connectivity index is 1.63. The summed E-state index contributed by atoms with van der Waals surface area (Å²) in [5.41, 5.74) is 4.53. The van der Waals surface area contributed by atoms with Gasteiger partial charge in [0, 0.05) is 34.6 Å². The van der Waals surface area contributed by atoms with E-state index in [2.05, 4.69) is 58.9 Å². The number of hydrogen-bond acceptors (Lipinski definition) is 3. The van der Waals surface area contributed by atoms with Crippen molar-refractivity contribution in [2.75, 3.05) is 6.61 Å². The summed E-state index contributed by atoms with van der Waals surface area (Å²) in [7, 11) is 0. The van der Waals surface area contributed by atoms with Crippen LogP contribution in [0.3, 0.4) is 0 Å². The van der Waals surface area contributed by atoms with Crippen molar-refractivity contribution >= 4 is 28.0 Å². The number of aromatic nitrogens is 1. The van der Waals surface area contributed by atoms with Crippen LogP contribution in [0.15, 0.2) is 71.7 Å². The van der Waals surface area contributed by atoms with Gasteiger partial charge < -0.3 is 14.8 Å². The van der Waals surface area contributed by atoms with Gasteiger partial charge in [0.25, 0.3) is 0 Å². The summed E-state index contributed by atoms with van der Waals surface area (Å²) in [6.45, 7) is 3.07. The van der Waals surface area contributed by atoms with E-state index in [9.17, 15) is 10.2 Å². The fraction of sp³-hybridized carbons (Fsp3) is 0.208. The second-order valence-corrected chi connectivity index (χ2v) is 7.02. The lowest BCUT2D eigenvalue weighted by molar-refractivity contribution is 0.266. The molecule has 4 rings (SSSR count). The summed E-state index contributed by atoms with van der Waals surface area (Å²) in [5.74, 6) is 0.243. The first-order valence-electron chi connectivity index (χ1n) is 9.62. The molecule has 28 heavy (non-hydrogen) atoms. The minimum absolute atomic E-state index is 0.0191. The van der Waals surface area contributed by atoms with Crippen LogP contribution in [0, 0.1) is 0 Å². The Hall–Kier alpha value is -3.11. The van der Waals surface area contributed by atoms with E-state index in [1.165, 1.54) is 21.8 Å². The molecular weight excluding hydrogens is 348 g/mol. The minimum Gasteiger partial charge on any atom is -0.508 e. The highest BCUT2D eigenvalue weighted by molar-refractivity contribution is 6.09. The Kier molecular flexibility index (Phi) is 5.13. The number of aromatic hydroxyl groups is 1. The zero-order valence-electron chi connectivity index (χ0n) is 15.9. The molecule has 1 aromatic heterocycles. The maximum Gasteiger partial charge on any atom is 0.115 e. The summed E-state index contributed by atoms with van der Waals surface area (Å²) in [6.07, 6.45) is 2.48. The van der Waals surface area contributed by atoms with Crippen molar-refractivity contribution in [1.82, 2.24) is 4.57 Å². The molecule has 0 radical (unpaired) electrons. The molecule has 3 aromatic carbocycles. The third kappa shape index (κ3) is 3.51. The lowest BCUT2D eigenvalue weighted by Gasteiger charge is -2.09. The second kappa shape index (κ2) is 7.87. The number of benzene rings is 3. The van der Waals surface area contributed by atoms with Crippen LogP contribution in [-0.4, -0.2) is 33.6 Å². The molecule has 0 aliphatic rings. The highest BCUT2D eigenvalue weighted by atomic mass is 16.3. The van der Waals surface area contributed by atoms with E-state index in [1.807, 2.05) is 18.3 Å². The van der Waals surface area contributed by atoms with Crippen LogP contribution < -0.4 is 0 Å². The summed E-state index contributed by atoms with van der Waals surface area (Å²) in [5, 5.41) is 21.6. The van der Waals surface area contributed by atoms with Gasteiger partial charge in [0.15, 0.2) is 0 Å². The van der Waals surface area contributed by atoms with Gasteiger partial charge in [-0.25, -0.2) is 0 Å². The first-order valence-corrected chi connectivity index (χ1v) is 9.62. The number of phenols is 1. The van der Waals surface area contributed by atoms with Crippen LogP contribution in [0.25, 0.3) is 21.8 Å². The van der Waals surface area contributed by atoms with Gasteiger partial charge in [-0.05, 0) is 54.8 Å².